The molecule has 0 amide bonds. The van der Waals surface area contributed by atoms with E-state index in [0.717, 1.165) is 19.3 Å². The standard InChI is InChI=1S/C19H39O/c1-3-5-6-7-8-9-10-11-12-13-14-15-16-17-18-19(20)4-2/h19-20H,1,3-18H2,2H3. The molecule has 1 heteroatoms. The van der Waals surface area contributed by atoms with Gasteiger partial charge in [-0.3, -0.25) is 0 Å². The zero-order valence-corrected chi connectivity index (χ0v) is 14.0. The molecule has 0 fully saturated rings. The fourth-order valence-electron chi connectivity index (χ4n) is 2.71. The Morgan fingerprint density at radius 1 is 0.650 bits per heavy atom. The van der Waals surface area contributed by atoms with Crippen LogP contribution in [0.25, 0.3) is 0 Å². The fraction of sp³-hybridized carbons (Fsp3) is 0.947. The molecule has 0 saturated carbocycles. The van der Waals surface area contributed by atoms with E-state index >= 15 is 0 Å². The van der Waals surface area contributed by atoms with E-state index in [9.17, 15) is 5.11 Å². The predicted octanol–water partition coefficient (Wildman–Crippen LogP) is 6.44. The van der Waals surface area contributed by atoms with Crippen LogP contribution in [-0.4, -0.2) is 11.2 Å². The van der Waals surface area contributed by atoms with Gasteiger partial charge in [-0.25, -0.2) is 0 Å². The molecule has 0 spiro atoms. The summed E-state index contributed by atoms with van der Waals surface area (Å²) < 4.78 is 0. The topological polar surface area (TPSA) is 20.2 Å². The van der Waals surface area contributed by atoms with Gasteiger partial charge < -0.3 is 5.11 Å². The Labute approximate surface area is 128 Å². The van der Waals surface area contributed by atoms with Crippen molar-refractivity contribution in [3.63, 3.8) is 0 Å². The minimum Gasteiger partial charge on any atom is -0.393 e. The summed E-state index contributed by atoms with van der Waals surface area (Å²) in [6, 6.07) is 0. The summed E-state index contributed by atoms with van der Waals surface area (Å²) in [5.41, 5.74) is 0. The van der Waals surface area contributed by atoms with E-state index in [4.69, 9.17) is 0 Å². The molecule has 0 heterocycles. The highest BCUT2D eigenvalue weighted by Crippen LogP contribution is 2.13. The first-order valence-corrected chi connectivity index (χ1v) is 9.28. The van der Waals surface area contributed by atoms with Crippen LogP contribution in [0.4, 0.5) is 0 Å². The Kier molecular flexibility index (Phi) is 17.0. The summed E-state index contributed by atoms with van der Waals surface area (Å²) in [5.74, 6) is 0. The van der Waals surface area contributed by atoms with Crippen molar-refractivity contribution >= 4 is 0 Å². The minimum atomic E-state index is -0.0522. The third-order valence-electron chi connectivity index (χ3n) is 4.26. The Hall–Kier alpha value is -0.0400. The van der Waals surface area contributed by atoms with Crippen molar-refractivity contribution in [2.45, 2.75) is 116 Å². The number of hydrogen-bond acceptors (Lipinski definition) is 1. The van der Waals surface area contributed by atoms with E-state index in [1.807, 2.05) is 0 Å². The molecule has 20 heavy (non-hydrogen) atoms. The van der Waals surface area contributed by atoms with Gasteiger partial charge in [0.25, 0.3) is 0 Å². The monoisotopic (exact) mass is 283 g/mol. The molecule has 0 rings (SSSR count). The zero-order chi connectivity index (χ0) is 14.9. The molecule has 0 aromatic carbocycles. The SMILES string of the molecule is [CH2]CCCCCCCCCCCCCCCC(O)CC. The molecule has 0 aliphatic rings. The van der Waals surface area contributed by atoms with Gasteiger partial charge in [0.1, 0.15) is 0 Å². The maximum absolute atomic E-state index is 9.45. The van der Waals surface area contributed by atoms with Crippen molar-refractivity contribution in [2.24, 2.45) is 0 Å². The largest absolute Gasteiger partial charge is 0.393 e. The lowest BCUT2D eigenvalue weighted by molar-refractivity contribution is 0.156. The summed E-state index contributed by atoms with van der Waals surface area (Å²) >= 11 is 0. The van der Waals surface area contributed by atoms with E-state index in [0.29, 0.717) is 0 Å². The fourth-order valence-corrected chi connectivity index (χ4v) is 2.71. The molecule has 0 aliphatic carbocycles. The Balaban J connectivity index is 2.96. The lowest BCUT2D eigenvalue weighted by Crippen LogP contribution is -2.03. The lowest BCUT2D eigenvalue weighted by Gasteiger charge is -2.06. The zero-order valence-electron chi connectivity index (χ0n) is 14.0. The van der Waals surface area contributed by atoms with E-state index in [2.05, 4.69) is 13.8 Å². The van der Waals surface area contributed by atoms with Gasteiger partial charge in [-0.15, -0.1) is 0 Å². The molecule has 1 radical (unpaired) electrons. The molecular weight excluding hydrogens is 244 g/mol. The molecular formula is C19H39O. The first-order valence-electron chi connectivity index (χ1n) is 9.28. The molecule has 0 aliphatic heterocycles. The van der Waals surface area contributed by atoms with E-state index in [1.54, 1.807) is 0 Å². The van der Waals surface area contributed by atoms with Gasteiger partial charge in [0, 0.05) is 0 Å². The third-order valence-corrected chi connectivity index (χ3v) is 4.26. The quantitative estimate of drug-likeness (QED) is 0.323. The first kappa shape index (κ1) is 20.0. The molecule has 1 nitrogen and oxygen atoms in total. The van der Waals surface area contributed by atoms with Crippen LogP contribution in [0.5, 0.6) is 0 Å². The van der Waals surface area contributed by atoms with Gasteiger partial charge in [-0.1, -0.05) is 104 Å². The Morgan fingerprint density at radius 2 is 1.00 bits per heavy atom. The van der Waals surface area contributed by atoms with Gasteiger partial charge in [0.15, 0.2) is 0 Å². The number of hydrogen-bond donors (Lipinski definition) is 1. The Bertz CT molecular complexity index is 167. The van der Waals surface area contributed by atoms with Crippen LogP contribution in [-0.2, 0) is 0 Å². The van der Waals surface area contributed by atoms with Crippen LogP contribution in [0.3, 0.4) is 0 Å². The number of rotatable bonds is 16. The number of aliphatic hydroxyl groups excluding tert-OH is 1. The molecule has 0 bridgehead atoms. The summed E-state index contributed by atoms with van der Waals surface area (Å²) in [7, 11) is 0. The van der Waals surface area contributed by atoms with Crippen molar-refractivity contribution in [1.82, 2.24) is 0 Å². The second kappa shape index (κ2) is 17.0. The van der Waals surface area contributed by atoms with Crippen molar-refractivity contribution in [2.75, 3.05) is 0 Å². The molecule has 1 unspecified atom stereocenters. The average molecular weight is 284 g/mol. The number of unbranched alkanes of at least 4 members (excludes halogenated alkanes) is 13. The molecule has 0 aromatic rings. The minimum absolute atomic E-state index is 0.0522. The highest BCUT2D eigenvalue weighted by Gasteiger charge is 1.99. The second-order valence-electron chi connectivity index (χ2n) is 6.30. The molecule has 1 atom stereocenters. The first-order chi connectivity index (χ1) is 9.81. The molecule has 121 valence electrons. The molecule has 0 saturated heterocycles. The Morgan fingerprint density at radius 3 is 1.35 bits per heavy atom. The van der Waals surface area contributed by atoms with Crippen molar-refractivity contribution in [1.29, 1.82) is 0 Å². The second-order valence-corrected chi connectivity index (χ2v) is 6.30. The van der Waals surface area contributed by atoms with Gasteiger partial charge in [-0.05, 0) is 12.8 Å². The van der Waals surface area contributed by atoms with E-state index in [-0.39, 0.29) is 6.10 Å². The number of aliphatic hydroxyl groups is 1. The summed E-state index contributed by atoms with van der Waals surface area (Å²) in [5, 5.41) is 9.45. The molecule has 0 aromatic heterocycles. The van der Waals surface area contributed by atoms with Gasteiger partial charge >= 0.3 is 0 Å². The van der Waals surface area contributed by atoms with Crippen LogP contribution in [0.15, 0.2) is 0 Å². The van der Waals surface area contributed by atoms with Crippen molar-refractivity contribution in [3.05, 3.63) is 6.92 Å². The predicted molar refractivity (Wildman–Crippen MR) is 90.9 cm³/mol. The maximum atomic E-state index is 9.45. The van der Waals surface area contributed by atoms with E-state index in [1.165, 1.54) is 83.5 Å². The van der Waals surface area contributed by atoms with Gasteiger partial charge in [-0.2, -0.15) is 0 Å². The van der Waals surface area contributed by atoms with Gasteiger partial charge in [0.2, 0.25) is 0 Å². The molecule has 1 N–H and O–H groups in total. The average Bonchev–Trinajstić information content (AvgIpc) is 2.47. The normalized spacial score (nSPS) is 12.8. The van der Waals surface area contributed by atoms with Crippen molar-refractivity contribution < 1.29 is 5.11 Å². The third kappa shape index (κ3) is 16.0. The van der Waals surface area contributed by atoms with Crippen LogP contribution < -0.4 is 0 Å². The van der Waals surface area contributed by atoms with Crippen LogP contribution >= 0.6 is 0 Å². The van der Waals surface area contributed by atoms with E-state index < -0.39 is 0 Å². The van der Waals surface area contributed by atoms with Crippen LogP contribution in [0, 0.1) is 6.92 Å². The van der Waals surface area contributed by atoms with Crippen LogP contribution in [0.2, 0.25) is 0 Å². The smallest absolute Gasteiger partial charge is 0.0537 e. The van der Waals surface area contributed by atoms with Gasteiger partial charge in [0.05, 0.1) is 6.10 Å². The van der Waals surface area contributed by atoms with Crippen molar-refractivity contribution in [3.8, 4) is 0 Å². The maximum Gasteiger partial charge on any atom is 0.0537 e. The van der Waals surface area contributed by atoms with Crippen LogP contribution in [0.1, 0.15) is 110 Å². The highest BCUT2D eigenvalue weighted by molar-refractivity contribution is 4.54. The summed E-state index contributed by atoms with van der Waals surface area (Å²) in [6.45, 7) is 5.94. The summed E-state index contributed by atoms with van der Waals surface area (Å²) in [4.78, 5) is 0. The summed E-state index contributed by atoms with van der Waals surface area (Å²) in [6.07, 6.45) is 20.9. The highest BCUT2D eigenvalue weighted by atomic mass is 16.3. The lowest BCUT2D eigenvalue weighted by atomic mass is 10.0.